The molecular weight excluding hydrogens is 364 g/mol. The molecular formula is C18H10Cl2FN3O. The number of hydrogen-bond acceptors (Lipinski definition) is 4. The maximum Gasteiger partial charge on any atom is 0.179 e. The summed E-state index contributed by atoms with van der Waals surface area (Å²) in [4.78, 5) is 0. The highest BCUT2D eigenvalue weighted by atomic mass is 35.5. The van der Waals surface area contributed by atoms with Crippen LogP contribution >= 0.6 is 23.2 Å². The van der Waals surface area contributed by atoms with Crippen LogP contribution in [0.3, 0.4) is 0 Å². The highest BCUT2D eigenvalue weighted by Gasteiger charge is 2.21. The SMILES string of the molecule is N#Cc1c(-c2c(F)cccc2Cl)noc1C=CNc1ccc(Cl)cc1. The average Bonchev–Trinajstić information content (AvgIpc) is 2.99. The second-order valence-corrected chi connectivity index (χ2v) is 5.81. The molecule has 2 aromatic carbocycles. The molecule has 0 spiro atoms. The lowest BCUT2D eigenvalue weighted by molar-refractivity contribution is 0.414. The van der Waals surface area contributed by atoms with Gasteiger partial charge in [-0.2, -0.15) is 5.26 Å². The third kappa shape index (κ3) is 3.66. The van der Waals surface area contributed by atoms with E-state index < -0.39 is 5.82 Å². The quantitative estimate of drug-likeness (QED) is 0.632. The van der Waals surface area contributed by atoms with Crippen molar-refractivity contribution in [1.29, 1.82) is 5.26 Å². The van der Waals surface area contributed by atoms with E-state index in [1.54, 1.807) is 30.5 Å². The number of anilines is 1. The molecule has 1 heterocycles. The van der Waals surface area contributed by atoms with Gasteiger partial charge in [0, 0.05) is 23.0 Å². The van der Waals surface area contributed by atoms with E-state index in [2.05, 4.69) is 10.5 Å². The van der Waals surface area contributed by atoms with Gasteiger partial charge in [-0.15, -0.1) is 0 Å². The Labute approximate surface area is 153 Å². The molecule has 0 fully saturated rings. The topological polar surface area (TPSA) is 61.9 Å². The van der Waals surface area contributed by atoms with Crippen LogP contribution in [0.25, 0.3) is 17.3 Å². The zero-order valence-corrected chi connectivity index (χ0v) is 14.1. The summed E-state index contributed by atoms with van der Waals surface area (Å²) in [5.74, 6) is -0.384. The van der Waals surface area contributed by atoms with Crippen molar-refractivity contribution in [3.63, 3.8) is 0 Å². The third-order valence-corrected chi connectivity index (χ3v) is 3.93. The first kappa shape index (κ1) is 17.0. The van der Waals surface area contributed by atoms with Crippen molar-refractivity contribution >= 4 is 35.0 Å². The van der Waals surface area contributed by atoms with Crippen LogP contribution in [-0.2, 0) is 0 Å². The summed E-state index contributed by atoms with van der Waals surface area (Å²) in [6.45, 7) is 0. The van der Waals surface area contributed by atoms with Crippen molar-refractivity contribution < 1.29 is 8.91 Å². The van der Waals surface area contributed by atoms with E-state index in [4.69, 9.17) is 27.7 Å². The van der Waals surface area contributed by atoms with Crippen LogP contribution in [0.5, 0.6) is 0 Å². The first-order chi connectivity index (χ1) is 12.1. The van der Waals surface area contributed by atoms with Gasteiger partial charge in [-0.05, 0) is 36.4 Å². The predicted octanol–water partition coefficient (Wildman–Crippen LogP) is 5.74. The lowest BCUT2D eigenvalue weighted by atomic mass is 10.1. The summed E-state index contributed by atoms with van der Waals surface area (Å²) in [5, 5.41) is 17.0. The Bertz CT molecular complexity index is 955. The molecule has 0 amide bonds. The molecule has 7 heteroatoms. The molecule has 3 rings (SSSR count). The Kier molecular flexibility index (Phi) is 5.03. The van der Waals surface area contributed by atoms with Gasteiger partial charge in [-0.1, -0.05) is 34.4 Å². The van der Waals surface area contributed by atoms with Crippen LogP contribution in [0.15, 0.2) is 53.2 Å². The molecule has 0 saturated heterocycles. The van der Waals surface area contributed by atoms with Gasteiger partial charge in [0.1, 0.15) is 23.1 Å². The number of hydrogen-bond donors (Lipinski definition) is 1. The summed E-state index contributed by atoms with van der Waals surface area (Å²) in [6, 6.07) is 13.3. The van der Waals surface area contributed by atoms with Gasteiger partial charge in [0.15, 0.2) is 5.76 Å². The average molecular weight is 374 g/mol. The number of rotatable bonds is 4. The fourth-order valence-electron chi connectivity index (χ4n) is 2.18. The zero-order valence-electron chi connectivity index (χ0n) is 12.6. The molecule has 0 unspecified atom stereocenters. The maximum atomic E-state index is 14.1. The second kappa shape index (κ2) is 7.39. The molecule has 124 valence electrons. The van der Waals surface area contributed by atoms with Crippen molar-refractivity contribution in [2.75, 3.05) is 5.32 Å². The lowest BCUT2D eigenvalue weighted by Crippen LogP contribution is -1.89. The Morgan fingerprint density at radius 3 is 2.60 bits per heavy atom. The third-order valence-electron chi connectivity index (χ3n) is 3.36. The van der Waals surface area contributed by atoms with Crippen molar-refractivity contribution in [2.24, 2.45) is 0 Å². The molecule has 0 aliphatic carbocycles. The van der Waals surface area contributed by atoms with Crippen LogP contribution in [0.2, 0.25) is 10.0 Å². The molecule has 25 heavy (non-hydrogen) atoms. The van der Waals surface area contributed by atoms with E-state index in [1.165, 1.54) is 24.3 Å². The number of benzene rings is 2. The van der Waals surface area contributed by atoms with Crippen molar-refractivity contribution in [3.8, 4) is 17.3 Å². The predicted molar refractivity (Wildman–Crippen MR) is 95.7 cm³/mol. The van der Waals surface area contributed by atoms with Crippen molar-refractivity contribution in [3.05, 3.63) is 75.9 Å². The summed E-state index contributed by atoms with van der Waals surface area (Å²) >= 11 is 11.8. The Morgan fingerprint density at radius 2 is 1.92 bits per heavy atom. The van der Waals surface area contributed by atoms with Crippen LogP contribution in [0.1, 0.15) is 11.3 Å². The molecule has 0 atom stereocenters. The first-order valence-electron chi connectivity index (χ1n) is 7.13. The van der Waals surface area contributed by atoms with Crippen molar-refractivity contribution in [1.82, 2.24) is 5.16 Å². The minimum Gasteiger partial charge on any atom is -0.362 e. The molecule has 0 bridgehead atoms. The number of halogens is 3. The van der Waals surface area contributed by atoms with E-state index >= 15 is 0 Å². The Balaban J connectivity index is 1.89. The van der Waals surface area contributed by atoms with Crippen LogP contribution < -0.4 is 5.32 Å². The van der Waals surface area contributed by atoms with Crippen LogP contribution in [0, 0.1) is 17.1 Å². The maximum absolute atomic E-state index is 14.1. The summed E-state index contributed by atoms with van der Waals surface area (Å²) in [6.07, 6.45) is 3.11. The van der Waals surface area contributed by atoms with E-state index in [0.29, 0.717) is 5.02 Å². The van der Waals surface area contributed by atoms with E-state index in [9.17, 15) is 9.65 Å². The van der Waals surface area contributed by atoms with Crippen LogP contribution in [0.4, 0.5) is 10.1 Å². The standard InChI is InChI=1S/C18H10Cl2FN3O/c19-11-4-6-12(7-5-11)23-9-8-16-13(10-22)18(24-25-16)17-14(20)2-1-3-15(17)21/h1-9,23H. The monoisotopic (exact) mass is 373 g/mol. The molecule has 3 aromatic rings. The minimum absolute atomic E-state index is 0.0368. The van der Waals surface area contributed by atoms with E-state index in [-0.39, 0.29) is 27.6 Å². The van der Waals surface area contributed by atoms with Crippen LogP contribution in [-0.4, -0.2) is 5.16 Å². The van der Waals surface area contributed by atoms with Crippen molar-refractivity contribution in [2.45, 2.75) is 0 Å². The fourth-order valence-corrected chi connectivity index (χ4v) is 2.56. The molecule has 1 N–H and O–H groups in total. The van der Waals surface area contributed by atoms with Gasteiger partial charge in [-0.3, -0.25) is 0 Å². The molecule has 0 saturated carbocycles. The first-order valence-corrected chi connectivity index (χ1v) is 7.88. The highest BCUT2D eigenvalue weighted by Crippen LogP contribution is 2.33. The normalized spacial score (nSPS) is 10.8. The summed E-state index contributed by atoms with van der Waals surface area (Å²) < 4.78 is 19.2. The van der Waals surface area contributed by atoms with E-state index in [1.807, 2.05) is 6.07 Å². The summed E-state index contributed by atoms with van der Waals surface area (Å²) in [7, 11) is 0. The fraction of sp³-hybridized carbons (Fsp3) is 0. The van der Waals surface area contributed by atoms with Gasteiger partial charge in [-0.25, -0.2) is 4.39 Å². The van der Waals surface area contributed by atoms with Gasteiger partial charge < -0.3 is 9.84 Å². The van der Waals surface area contributed by atoms with Gasteiger partial charge in [0.25, 0.3) is 0 Å². The summed E-state index contributed by atoms with van der Waals surface area (Å²) in [5.41, 5.74) is 1.00. The largest absolute Gasteiger partial charge is 0.362 e. The molecule has 1 aromatic heterocycles. The molecule has 0 aliphatic rings. The van der Waals surface area contributed by atoms with Gasteiger partial charge in [0.2, 0.25) is 0 Å². The number of nitriles is 1. The van der Waals surface area contributed by atoms with Gasteiger partial charge in [0.05, 0.1) is 10.6 Å². The Morgan fingerprint density at radius 1 is 1.16 bits per heavy atom. The molecule has 4 nitrogen and oxygen atoms in total. The van der Waals surface area contributed by atoms with Gasteiger partial charge >= 0.3 is 0 Å². The highest BCUT2D eigenvalue weighted by molar-refractivity contribution is 6.33. The molecule has 0 aliphatic heterocycles. The smallest absolute Gasteiger partial charge is 0.179 e. The number of nitrogens with one attached hydrogen (secondary N) is 1. The lowest BCUT2D eigenvalue weighted by Gasteiger charge is -2.01. The number of nitrogens with zero attached hydrogens (tertiary/aromatic N) is 2. The Hall–Kier alpha value is -2.81. The second-order valence-electron chi connectivity index (χ2n) is 4.96. The number of aromatic nitrogens is 1. The minimum atomic E-state index is -0.577. The zero-order chi connectivity index (χ0) is 17.8. The van der Waals surface area contributed by atoms with E-state index in [0.717, 1.165) is 5.69 Å². The molecule has 0 radical (unpaired) electrons.